The van der Waals surface area contributed by atoms with Gasteiger partial charge in [0.25, 0.3) is 0 Å². The number of aromatic nitrogens is 4. The summed E-state index contributed by atoms with van der Waals surface area (Å²) in [7, 11) is 0. The highest BCUT2D eigenvalue weighted by molar-refractivity contribution is 7.98. The SMILES string of the molecule is CSc1nc2c3c(nc(Cl)c(F)c3n1)O[C@@H]1CCC1N2Cc1cccnc1N(C(=O)OC(C)(C)C)C(=O)OC(C)(C)C. The van der Waals surface area contributed by atoms with E-state index in [-0.39, 0.29) is 41.1 Å². The van der Waals surface area contributed by atoms with Gasteiger partial charge < -0.3 is 19.1 Å². The molecule has 1 saturated carbocycles. The summed E-state index contributed by atoms with van der Waals surface area (Å²) in [5.41, 5.74) is -1.28. The summed E-state index contributed by atoms with van der Waals surface area (Å²) < 4.78 is 32.6. The predicted octanol–water partition coefficient (Wildman–Crippen LogP) is 6.54. The quantitative estimate of drug-likeness (QED) is 0.180. The minimum absolute atomic E-state index is 0.00111. The van der Waals surface area contributed by atoms with Gasteiger partial charge in [0.15, 0.2) is 21.9 Å². The van der Waals surface area contributed by atoms with E-state index in [0.717, 1.165) is 17.7 Å². The maximum Gasteiger partial charge on any atom is 0.425 e. The molecule has 0 radical (unpaired) electrons. The number of carbonyl (C=O) groups is 2. The van der Waals surface area contributed by atoms with Crippen molar-refractivity contribution in [2.24, 2.45) is 0 Å². The fourth-order valence-corrected chi connectivity index (χ4v) is 5.23. The maximum absolute atomic E-state index is 15.3. The Morgan fingerprint density at radius 3 is 2.36 bits per heavy atom. The molecule has 3 aromatic heterocycles. The van der Waals surface area contributed by atoms with E-state index in [9.17, 15) is 9.59 Å². The van der Waals surface area contributed by atoms with Crippen LogP contribution in [0.2, 0.25) is 5.15 Å². The molecule has 42 heavy (non-hydrogen) atoms. The first-order chi connectivity index (χ1) is 19.7. The Labute approximate surface area is 252 Å². The molecule has 4 heterocycles. The summed E-state index contributed by atoms with van der Waals surface area (Å²) in [6.45, 7) is 10.3. The number of hydrogen-bond donors (Lipinski definition) is 0. The molecule has 0 N–H and O–H groups in total. The molecule has 1 fully saturated rings. The molecule has 0 spiro atoms. The van der Waals surface area contributed by atoms with Crippen molar-refractivity contribution in [1.29, 1.82) is 0 Å². The number of hydrogen-bond acceptors (Lipinski definition) is 11. The lowest BCUT2D eigenvalue weighted by Crippen LogP contribution is -2.52. The van der Waals surface area contributed by atoms with E-state index in [1.807, 2.05) is 4.90 Å². The van der Waals surface area contributed by atoms with Gasteiger partial charge in [-0.2, -0.15) is 9.88 Å². The molecule has 1 unspecified atom stereocenters. The molecule has 2 amide bonds. The van der Waals surface area contributed by atoms with Crippen molar-refractivity contribution in [2.75, 3.05) is 16.1 Å². The lowest BCUT2D eigenvalue weighted by molar-refractivity contribution is 0.0428. The molecule has 0 aromatic carbocycles. The van der Waals surface area contributed by atoms with E-state index in [4.69, 9.17) is 30.8 Å². The zero-order valence-corrected chi connectivity index (χ0v) is 26.0. The van der Waals surface area contributed by atoms with Gasteiger partial charge in [0, 0.05) is 18.3 Å². The molecule has 3 aromatic rings. The van der Waals surface area contributed by atoms with Gasteiger partial charge in [-0.25, -0.2) is 28.9 Å². The molecule has 2 atom stereocenters. The number of rotatable bonds is 4. The Kier molecular flexibility index (Phi) is 7.86. The van der Waals surface area contributed by atoms with Gasteiger partial charge in [-0.3, -0.25) is 0 Å². The summed E-state index contributed by atoms with van der Waals surface area (Å²) in [5.74, 6) is -0.161. The predicted molar refractivity (Wildman–Crippen MR) is 157 cm³/mol. The fourth-order valence-electron chi connectivity index (χ4n) is 4.70. The van der Waals surface area contributed by atoms with E-state index in [0.29, 0.717) is 21.9 Å². The van der Waals surface area contributed by atoms with Crippen LogP contribution in [-0.4, -0.2) is 61.7 Å². The van der Waals surface area contributed by atoms with Crippen LogP contribution in [0.5, 0.6) is 5.88 Å². The number of thioether (sulfide) groups is 1. The second-order valence-corrected chi connectivity index (χ2v) is 13.1. The number of carbonyl (C=O) groups excluding carboxylic acids is 2. The third-order valence-corrected chi connectivity index (χ3v) is 7.34. The minimum atomic E-state index is -0.933. The number of halogens is 2. The topological polar surface area (TPSA) is 120 Å². The van der Waals surface area contributed by atoms with E-state index in [2.05, 4.69) is 15.0 Å². The Bertz CT molecular complexity index is 1530. The van der Waals surface area contributed by atoms with Crippen LogP contribution in [0.3, 0.4) is 0 Å². The largest absolute Gasteiger partial charge is 0.472 e. The van der Waals surface area contributed by atoms with Crippen molar-refractivity contribution in [3.05, 3.63) is 34.9 Å². The van der Waals surface area contributed by atoms with E-state index < -0.39 is 29.2 Å². The van der Waals surface area contributed by atoms with E-state index in [1.165, 1.54) is 18.0 Å². The summed E-state index contributed by atoms with van der Waals surface area (Å²) in [6.07, 6.45) is 2.61. The average molecular weight is 619 g/mol. The van der Waals surface area contributed by atoms with Gasteiger partial charge in [0.2, 0.25) is 5.88 Å². The van der Waals surface area contributed by atoms with E-state index >= 15 is 4.39 Å². The van der Waals surface area contributed by atoms with Crippen LogP contribution in [-0.2, 0) is 16.0 Å². The van der Waals surface area contributed by atoms with Gasteiger partial charge in [-0.05, 0) is 66.7 Å². The molecule has 2 aliphatic rings. The molecule has 14 heteroatoms. The highest BCUT2D eigenvalue weighted by Crippen LogP contribution is 2.45. The van der Waals surface area contributed by atoms with Gasteiger partial charge in [0.05, 0.1) is 6.04 Å². The first-order valence-electron chi connectivity index (χ1n) is 13.4. The fraction of sp³-hybridized carbons (Fsp3) is 0.500. The molecular weight excluding hydrogens is 587 g/mol. The molecule has 11 nitrogen and oxygen atoms in total. The molecule has 5 rings (SSSR count). The van der Waals surface area contributed by atoms with Crippen LogP contribution >= 0.6 is 23.4 Å². The number of nitrogens with zero attached hydrogens (tertiary/aromatic N) is 6. The number of imide groups is 1. The van der Waals surface area contributed by atoms with Crippen LogP contribution in [0.1, 0.15) is 59.9 Å². The van der Waals surface area contributed by atoms with Crippen LogP contribution in [0.4, 0.5) is 25.6 Å². The summed E-state index contributed by atoms with van der Waals surface area (Å²) in [4.78, 5) is 47.3. The standard InChI is InChI=1S/C28H32ClFN6O5S/c1-27(2,3)40-25(37)36(26(38)41-28(4,5)6)21-14(9-8-12-31-21)13-35-15-10-11-16(15)39-23-17-19(18(30)20(29)33-23)32-24(42-7)34-22(17)35/h8-9,12,15-16H,10-11,13H2,1-7H3/t15?,16-/m1/s1. The first kappa shape index (κ1) is 30.0. The smallest absolute Gasteiger partial charge is 0.425 e. The monoisotopic (exact) mass is 618 g/mol. The Morgan fingerprint density at radius 1 is 1.12 bits per heavy atom. The van der Waals surface area contributed by atoms with Crippen molar-refractivity contribution in [3.63, 3.8) is 0 Å². The highest BCUT2D eigenvalue weighted by atomic mass is 35.5. The van der Waals surface area contributed by atoms with Crippen molar-refractivity contribution >= 4 is 58.1 Å². The number of amides is 2. The van der Waals surface area contributed by atoms with Crippen molar-refractivity contribution in [2.45, 2.75) is 89.4 Å². The zero-order valence-electron chi connectivity index (χ0n) is 24.4. The highest BCUT2D eigenvalue weighted by Gasteiger charge is 2.44. The van der Waals surface area contributed by atoms with Crippen LogP contribution < -0.4 is 14.5 Å². The lowest BCUT2D eigenvalue weighted by atomic mass is 9.87. The molecule has 0 bridgehead atoms. The molecule has 224 valence electrons. The second kappa shape index (κ2) is 11.0. The van der Waals surface area contributed by atoms with Crippen molar-refractivity contribution < 1.29 is 28.2 Å². The third kappa shape index (κ3) is 5.89. The van der Waals surface area contributed by atoms with Crippen LogP contribution in [0.15, 0.2) is 23.5 Å². The zero-order chi connectivity index (χ0) is 30.6. The molecule has 1 aliphatic carbocycles. The van der Waals surface area contributed by atoms with Gasteiger partial charge in [-0.15, -0.1) is 0 Å². The molecule has 1 aliphatic heterocycles. The van der Waals surface area contributed by atoms with E-state index in [1.54, 1.807) is 59.9 Å². The number of ether oxygens (including phenoxy) is 3. The molecular formula is C28H32ClFN6O5S. The first-order valence-corrected chi connectivity index (χ1v) is 15.0. The summed E-state index contributed by atoms with van der Waals surface area (Å²) in [5, 5.41) is 0.298. The number of anilines is 2. The van der Waals surface area contributed by atoms with Crippen molar-refractivity contribution in [1.82, 2.24) is 19.9 Å². The Balaban J connectivity index is 1.64. The summed E-state index contributed by atoms with van der Waals surface area (Å²) >= 11 is 7.38. The Hall–Kier alpha value is -3.45. The third-order valence-electron chi connectivity index (χ3n) is 6.54. The van der Waals surface area contributed by atoms with Crippen LogP contribution in [0.25, 0.3) is 10.9 Å². The average Bonchev–Trinajstić information content (AvgIpc) is 2.94. The van der Waals surface area contributed by atoms with Gasteiger partial charge in [0.1, 0.15) is 34.0 Å². The Morgan fingerprint density at radius 2 is 1.79 bits per heavy atom. The van der Waals surface area contributed by atoms with Gasteiger partial charge in [-0.1, -0.05) is 29.4 Å². The second-order valence-electron chi connectivity index (χ2n) is 12.0. The van der Waals surface area contributed by atoms with Crippen molar-refractivity contribution in [3.8, 4) is 5.88 Å². The maximum atomic E-state index is 15.3. The normalized spacial score (nSPS) is 18.0. The number of fused-ring (bicyclic) bond motifs is 1. The van der Waals surface area contributed by atoms with Crippen LogP contribution in [0, 0.1) is 5.82 Å². The lowest BCUT2D eigenvalue weighted by Gasteiger charge is -2.42. The molecule has 0 saturated heterocycles. The minimum Gasteiger partial charge on any atom is -0.472 e. The number of pyridine rings is 2. The van der Waals surface area contributed by atoms with Gasteiger partial charge >= 0.3 is 12.2 Å². The summed E-state index contributed by atoms with van der Waals surface area (Å²) in [6, 6.07) is 3.28.